The van der Waals surface area contributed by atoms with E-state index in [0.717, 1.165) is 134 Å². The lowest BCUT2D eigenvalue weighted by Crippen LogP contribution is -2.00. The molecule has 8 aromatic heterocycles. The molecule has 0 saturated carbocycles. The highest BCUT2D eigenvalue weighted by atomic mass is 15.0. The van der Waals surface area contributed by atoms with Gasteiger partial charge in [-0.3, -0.25) is 19.9 Å². The molecular formula is C101H65N13. The zero-order valence-corrected chi connectivity index (χ0v) is 61.3. The van der Waals surface area contributed by atoms with E-state index in [1.165, 1.54) is 10.8 Å². The standard InChI is InChI=1S/C52H34N6.C49H31N7/c1-3-13-39(14-4-1)50-56-51(40-15-5-2-6-16-40)58-52(57-50)41-27-25-36(26-28-41)35-21-23-37(24-22-35)42-29-30-47(54-34-42)49-33-43(32-48(55-49)46-20-9-10-31-53-46)45-19-11-17-38-12-7-8-18-44(38)45;50-30-33-16-26-43(51-31-33)45-28-42(34-10-4-1-5-11-34)29-46(53-45)44-27-25-41(32-52-44)37-19-17-35(18-20-37)36-21-23-40(24-22-36)49-55-47(38-12-6-2-7-13-38)54-48(56-49)39-14-8-3-9-15-39/h1-34H;1-29,31-32H. The van der Waals surface area contributed by atoms with Crippen LogP contribution >= 0.6 is 0 Å². The smallest absolute Gasteiger partial charge is 0.164 e. The molecule has 0 fully saturated rings. The summed E-state index contributed by atoms with van der Waals surface area (Å²) < 4.78 is 0. The molecule has 13 heteroatoms. The fourth-order valence-corrected chi connectivity index (χ4v) is 13.8. The minimum atomic E-state index is 0.503. The number of aromatic nitrogens is 12. The van der Waals surface area contributed by atoms with Crippen molar-refractivity contribution in [1.29, 1.82) is 5.26 Å². The van der Waals surface area contributed by atoms with Gasteiger partial charge in [-0.25, -0.2) is 39.9 Å². The molecule has 0 aliphatic heterocycles. The minimum absolute atomic E-state index is 0.503. The van der Waals surface area contributed by atoms with E-state index in [0.29, 0.717) is 51.9 Å². The predicted molar refractivity (Wildman–Crippen MR) is 456 cm³/mol. The van der Waals surface area contributed by atoms with Crippen molar-refractivity contribution >= 4 is 10.8 Å². The molecular weight excluding hydrogens is 1400 g/mol. The van der Waals surface area contributed by atoms with Gasteiger partial charge in [0, 0.05) is 69.3 Å². The van der Waals surface area contributed by atoms with Crippen LogP contribution in [0.25, 0.3) is 191 Å². The third-order valence-electron chi connectivity index (χ3n) is 19.8. The van der Waals surface area contributed by atoms with Gasteiger partial charge in [-0.15, -0.1) is 0 Å². The summed E-state index contributed by atoms with van der Waals surface area (Å²) in [5, 5.41) is 11.6. The molecule has 19 rings (SSSR count). The van der Waals surface area contributed by atoms with Crippen molar-refractivity contribution in [3.8, 4) is 187 Å². The number of rotatable bonds is 16. The fourth-order valence-electron chi connectivity index (χ4n) is 13.8. The number of fused-ring (bicyclic) bond motifs is 1. The van der Waals surface area contributed by atoms with E-state index >= 15 is 0 Å². The van der Waals surface area contributed by atoms with E-state index in [1.54, 1.807) is 18.5 Å². The van der Waals surface area contributed by atoms with E-state index in [4.69, 9.17) is 49.8 Å². The first-order valence-corrected chi connectivity index (χ1v) is 37.3. The van der Waals surface area contributed by atoms with E-state index in [2.05, 4.69) is 198 Å². The second-order valence-corrected chi connectivity index (χ2v) is 27.2. The molecule has 0 bridgehead atoms. The highest BCUT2D eigenvalue weighted by Gasteiger charge is 2.19. The molecule has 0 atom stereocenters. The number of nitriles is 1. The van der Waals surface area contributed by atoms with Crippen LogP contribution < -0.4 is 0 Å². The fraction of sp³-hybridized carbons (Fsp3) is 0. The Kier molecular flexibility index (Phi) is 19.7. The average Bonchev–Trinajstić information content (AvgIpc) is 0.770. The largest absolute Gasteiger partial charge is 0.255 e. The van der Waals surface area contributed by atoms with Crippen molar-refractivity contribution in [3.63, 3.8) is 0 Å². The second kappa shape index (κ2) is 32.1. The highest BCUT2D eigenvalue weighted by Crippen LogP contribution is 2.38. The Bertz CT molecular complexity index is 6500. The van der Waals surface area contributed by atoms with E-state index in [9.17, 15) is 5.26 Å². The van der Waals surface area contributed by atoms with Gasteiger partial charge in [0.15, 0.2) is 34.9 Å². The van der Waals surface area contributed by atoms with Crippen LogP contribution in [0.3, 0.4) is 0 Å². The first-order chi connectivity index (χ1) is 56.4. The molecule has 534 valence electrons. The third kappa shape index (κ3) is 15.5. The third-order valence-corrected chi connectivity index (χ3v) is 19.8. The normalized spacial score (nSPS) is 11.0. The molecule has 0 aliphatic rings. The minimum Gasteiger partial charge on any atom is -0.255 e. The Hall–Kier alpha value is -15.9. The lowest BCUT2D eigenvalue weighted by atomic mass is 9.96. The molecule has 114 heavy (non-hydrogen) atoms. The van der Waals surface area contributed by atoms with Gasteiger partial charge in [-0.1, -0.05) is 309 Å². The van der Waals surface area contributed by atoms with Crippen LogP contribution in [0.4, 0.5) is 0 Å². The topological polar surface area (TPSA) is 178 Å². The van der Waals surface area contributed by atoms with Gasteiger partial charge in [0.2, 0.25) is 0 Å². The van der Waals surface area contributed by atoms with Crippen LogP contribution in [-0.2, 0) is 0 Å². The van der Waals surface area contributed by atoms with Gasteiger partial charge in [-0.2, -0.15) is 5.26 Å². The molecule has 0 spiro atoms. The molecule has 0 aliphatic carbocycles. The maximum absolute atomic E-state index is 9.25. The van der Waals surface area contributed by atoms with Crippen LogP contribution in [0.1, 0.15) is 5.56 Å². The van der Waals surface area contributed by atoms with Crippen molar-refractivity contribution in [2.75, 3.05) is 0 Å². The van der Waals surface area contributed by atoms with Crippen LogP contribution in [0, 0.1) is 11.3 Å². The van der Waals surface area contributed by atoms with E-state index in [-0.39, 0.29) is 0 Å². The zero-order chi connectivity index (χ0) is 76.4. The Balaban J connectivity index is 0.000000159. The average molecular weight is 1460 g/mol. The molecule has 13 nitrogen and oxygen atoms in total. The molecule has 19 aromatic rings. The number of hydrogen-bond acceptors (Lipinski definition) is 13. The summed E-state index contributed by atoms with van der Waals surface area (Å²) in [7, 11) is 0. The number of hydrogen-bond donors (Lipinski definition) is 0. The summed E-state index contributed by atoms with van der Waals surface area (Å²) in [4.78, 5) is 58.0. The maximum Gasteiger partial charge on any atom is 0.164 e. The predicted octanol–water partition coefficient (Wildman–Crippen LogP) is 23.8. The molecule has 11 aromatic carbocycles. The molecule has 8 heterocycles. The number of benzene rings is 11. The van der Waals surface area contributed by atoms with Crippen LogP contribution in [0.5, 0.6) is 0 Å². The number of pyridine rings is 6. The Labute approximate surface area is 658 Å². The Morgan fingerprint density at radius 2 is 0.474 bits per heavy atom. The molecule has 0 N–H and O–H groups in total. The highest BCUT2D eigenvalue weighted by molar-refractivity contribution is 5.98. The van der Waals surface area contributed by atoms with Crippen molar-refractivity contribution in [1.82, 2.24) is 59.8 Å². The Morgan fingerprint density at radius 3 is 0.825 bits per heavy atom. The summed E-state index contributed by atoms with van der Waals surface area (Å²) in [6, 6.07) is 127. The molecule has 0 amide bonds. The summed E-state index contributed by atoms with van der Waals surface area (Å²) in [5.41, 5.74) is 25.1. The zero-order valence-electron chi connectivity index (χ0n) is 61.3. The summed E-state index contributed by atoms with van der Waals surface area (Å²) in [5.74, 6) is 3.82. The summed E-state index contributed by atoms with van der Waals surface area (Å²) >= 11 is 0. The first-order valence-electron chi connectivity index (χ1n) is 37.3. The maximum atomic E-state index is 9.25. The number of nitrogens with zero attached hydrogens (tertiary/aromatic N) is 13. The quantitative estimate of drug-likeness (QED) is 0.0893. The van der Waals surface area contributed by atoms with Gasteiger partial charge in [0.05, 0.1) is 51.1 Å². The molecule has 0 unspecified atom stereocenters. The van der Waals surface area contributed by atoms with E-state index < -0.39 is 0 Å². The molecule has 0 saturated heterocycles. The van der Waals surface area contributed by atoms with Gasteiger partial charge < -0.3 is 0 Å². The van der Waals surface area contributed by atoms with Crippen molar-refractivity contribution in [2.45, 2.75) is 0 Å². The monoisotopic (exact) mass is 1460 g/mol. The van der Waals surface area contributed by atoms with Crippen LogP contribution in [0.2, 0.25) is 0 Å². The van der Waals surface area contributed by atoms with Crippen molar-refractivity contribution < 1.29 is 0 Å². The SMILES string of the molecule is N#Cc1ccc(-c2cc(-c3ccccc3)cc(-c3ccc(-c4ccc(-c5ccc(-c6nc(-c7ccccc7)nc(-c7ccccc7)n6)cc5)cc4)cn3)n2)nc1.c1ccc(-c2nc(-c3ccccc3)nc(-c3ccc(-c4ccc(-c5ccc(-c6cc(-c7cccc8ccccc78)cc(-c7ccccn7)n6)nc5)cc4)cc3)n2)cc1. The Morgan fingerprint density at radius 1 is 0.184 bits per heavy atom. The van der Waals surface area contributed by atoms with Crippen molar-refractivity contribution in [3.05, 3.63) is 400 Å². The molecule has 0 radical (unpaired) electrons. The lowest BCUT2D eigenvalue weighted by Gasteiger charge is -2.12. The van der Waals surface area contributed by atoms with Crippen molar-refractivity contribution in [2.24, 2.45) is 0 Å². The van der Waals surface area contributed by atoms with Gasteiger partial charge in [0.1, 0.15) is 6.07 Å². The lowest BCUT2D eigenvalue weighted by molar-refractivity contribution is 1.07. The summed E-state index contributed by atoms with van der Waals surface area (Å²) in [6.07, 6.45) is 7.18. The first kappa shape index (κ1) is 69.8. The summed E-state index contributed by atoms with van der Waals surface area (Å²) in [6.45, 7) is 0. The van der Waals surface area contributed by atoms with Crippen LogP contribution in [-0.4, -0.2) is 59.8 Å². The second-order valence-electron chi connectivity index (χ2n) is 27.2. The van der Waals surface area contributed by atoms with Gasteiger partial charge in [0.25, 0.3) is 0 Å². The van der Waals surface area contributed by atoms with E-state index in [1.807, 2.05) is 194 Å². The van der Waals surface area contributed by atoms with Gasteiger partial charge >= 0.3 is 0 Å². The van der Waals surface area contributed by atoms with Gasteiger partial charge in [-0.05, 0) is 127 Å². The van der Waals surface area contributed by atoms with Crippen LogP contribution in [0.15, 0.2) is 395 Å².